The fourth-order valence-electron chi connectivity index (χ4n) is 2.73. The molecule has 0 amide bonds. The van der Waals surface area contributed by atoms with Gasteiger partial charge in [-0.15, -0.1) is 0 Å². The average molecular weight is 263 g/mol. The number of carboxylic acid groups (broad SMARTS) is 1. The highest BCUT2D eigenvalue weighted by atomic mass is 16.4. The Morgan fingerprint density at radius 2 is 2.32 bits per heavy atom. The van der Waals surface area contributed by atoms with Crippen LogP contribution in [0.1, 0.15) is 16.8 Å². The maximum atomic E-state index is 11.1. The zero-order valence-electron chi connectivity index (χ0n) is 11.5. The third-order valence-corrected chi connectivity index (χ3v) is 3.75. The Morgan fingerprint density at radius 3 is 2.89 bits per heavy atom. The van der Waals surface area contributed by atoms with E-state index in [0.29, 0.717) is 11.6 Å². The number of anilines is 2. The second-order valence-corrected chi connectivity index (χ2v) is 5.34. The van der Waals surface area contributed by atoms with Gasteiger partial charge in [0.2, 0.25) is 0 Å². The van der Waals surface area contributed by atoms with Crippen LogP contribution < -0.4 is 10.6 Å². The number of nitrogens with two attached hydrogens (primary N) is 1. The number of nitrogens with zero attached hydrogens (tertiary/aromatic N) is 2. The lowest BCUT2D eigenvalue weighted by atomic mass is 10.1. The van der Waals surface area contributed by atoms with Crippen LogP contribution in [0.4, 0.5) is 11.4 Å². The maximum absolute atomic E-state index is 11.1. The van der Waals surface area contributed by atoms with Crippen molar-refractivity contribution in [1.82, 2.24) is 4.90 Å². The molecule has 1 heterocycles. The molecule has 0 spiro atoms. The van der Waals surface area contributed by atoms with Crippen molar-refractivity contribution >= 4 is 17.3 Å². The lowest BCUT2D eigenvalue weighted by Crippen LogP contribution is -2.28. The SMILES string of the molecule is CN1CCC(CN(C)c2cccc(C(=O)O)c2N)C1. The van der Waals surface area contributed by atoms with Gasteiger partial charge in [0.25, 0.3) is 0 Å². The summed E-state index contributed by atoms with van der Waals surface area (Å²) in [6.07, 6.45) is 1.18. The molecule has 0 radical (unpaired) electrons. The first-order chi connectivity index (χ1) is 8.99. The molecule has 0 bridgehead atoms. The molecule has 19 heavy (non-hydrogen) atoms. The van der Waals surface area contributed by atoms with Gasteiger partial charge >= 0.3 is 5.97 Å². The predicted molar refractivity (Wildman–Crippen MR) is 76.7 cm³/mol. The monoisotopic (exact) mass is 263 g/mol. The molecular weight excluding hydrogens is 242 g/mol. The van der Waals surface area contributed by atoms with Crippen LogP contribution in [-0.2, 0) is 0 Å². The number of carboxylic acids is 1. The van der Waals surface area contributed by atoms with Gasteiger partial charge in [0.05, 0.1) is 16.9 Å². The smallest absolute Gasteiger partial charge is 0.337 e. The summed E-state index contributed by atoms with van der Waals surface area (Å²) in [5.74, 6) is -0.365. The first kappa shape index (κ1) is 13.7. The van der Waals surface area contributed by atoms with Crippen molar-refractivity contribution in [3.63, 3.8) is 0 Å². The molecule has 1 atom stereocenters. The highest BCUT2D eigenvalue weighted by Crippen LogP contribution is 2.27. The van der Waals surface area contributed by atoms with Gasteiger partial charge in [-0.25, -0.2) is 4.79 Å². The van der Waals surface area contributed by atoms with Crippen LogP contribution in [0.2, 0.25) is 0 Å². The molecule has 1 aromatic rings. The molecule has 1 aromatic carbocycles. The van der Waals surface area contributed by atoms with E-state index in [1.807, 2.05) is 13.1 Å². The Morgan fingerprint density at radius 1 is 1.58 bits per heavy atom. The van der Waals surface area contributed by atoms with Gasteiger partial charge in [0.1, 0.15) is 0 Å². The zero-order valence-corrected chi connectivity index (χ0v) is 11.5. The topological polar surface area (TPSA) is 69.8 Å². The fraction of sp³-hybridized carbons (Fsp3) is 0.500. The summed E-state index contributed by atoms with van der Waals surface area (Å²) in [6, 6.07) is 5.16. The van der Waals surface area contributed by atoms with Crippen molar-refractivity contribution in [1.29, 1.82) is 0 Å². The quantitative estimate of drug-likeness (QED) is 0.803. The molecule has 104 valence electrons. The molecule has 5 heteroatoms. The summed E-state index contributed by atoms with van der Waals surface area (Å²) in [5.41, 5.74) is 7.28. The van der Waals surface area contributed by atoms with Crippen molar-refractivity contribution in [3.8, 4) is 0 Å². The zero-order chi connectivity index (χ0) is 14.0. The Bertz CT molecular complexity index is 476. The molecule has 1 aliphatic heterocycles. The van der Waals surface area contributed by atoms with Gasteiger partial charge in [-0.1, -0.05) is 6.07 Å². The number of nitrogen functional groups attached to an aromatic ring is 1. The van der Waals surface area contributed by atoms with Crippen molar-refractivity contribution in [2.24, 2.45) is 5.92 Å². The van der Waals surface area contributed by atoms with Crippen LogP contribution in [0.25, 0.3) is 0 Å². The summed E-state index contributed by atoms with van der Waals surface area (Å²) in [4.78, 5) is 15.5. The molecule has 1 aliphatic rings. The Balaban J connectivity index is 2.13. The molecule has 0 aromatic heterocycles. The second-order valence-electron chi connectivity index (χ2n) is 5.34. The van der Waals surface area contributed by atoms with Crippen molar-refractivity contribution in [3.05, 3.63) is 23.8 Å². The van der Waals surface area contributed by atoms with Crippen molar-refractivity contribution < 1.29 is 9.90 Å². The van der Waals surface area contributed by atoms with Gasteiger partial charge < -0.3 is 20.6 Å². The van der Waals surface area contributed by atoms with Crippen molar-refractivity contribution in [2.45, 2.75) is 6.42 Å². The number of hydrogen-bond donors (Lipinski definition) is 2. The summed E-state index contributed by atoms with van der Waals surface area (Å²) >= 11 is 0. The minimum Gasteiger partial charge on any atom is -0.478 e. The largest absolute Gasteiger partial charge is 0.478 e. The number of hydrogen-bond acceptors (Lipinski definition) is 4. The van der Waals surface area contributed by atoms with E-state index in [-0.39, 0.29) is 5.56 Å². The third kappa shape index (κ3) is 2.98. The van der Waals surface area contributed by atoms with Crippen LogP contribution in [-0.4, -0.2) is 49.7 Å². The van der Waals surface area contributed by atoms with Gasteiger partial charge in [-0.2, -0.15) is 0 Å². The molecule has 0 saturated carbocycles. The van der Waals surface area contributed by atoms with Crippen LogP contribution in [0.5, 0.6) is 0 Å². The minimum absolute atomic E-state index is 0.174. The number of aromatic carboxylic acids is 1. The van der Waals surface area contributed by atoms with Crippen LogP contribution >= 0.6 is 0 Å². The number of carbonyl (C=O) groups is 1. The lowest BCUT2D eigenvalue weighted by molar-refractivity contribution is 0.0698. The first-order valence-corrected chi connectivity index (χ1v) is 6.50. The standard InChI is InChI=1S/C14H21N3O2/c1-16-7-6-10(8-16)9-17(2)12-5-3-4-11(13(12)15)14(18)19/h3-5,10H,6-9,15H2,1-2H3,(H,18,19). The lowest BCUT2D eigenvalue weighted by Gasteiger charge is -2.25. The van der Waals surface area contributed by atoms with Gasteiger partial charge in [-0.05, 0) is 38.1 Å². The minimum atomic E-state index is -0.978. The number of para-hydroxylation sites is 1. The highest BCUT2D eigenvalue weighted by molar-refractivity contribution is 5.97. The molecule has 1 fully saturated rings. The molecule has 0 aliphatic carbocycles. The predicted octanol–water partition coefficient (Wildman–Crippen LogP) is 1.35. The van der Waals surface area contributed by atoms with Crippen molar-refractivity contribution in [2.75, 3.05) is 44.4 Å². The molecular formula is C14H21N3O2. The average Bonchev–Trinajstić information content (AvgIpc) is 2.74. The van der Waals surface area contributed by atoms with E-state index in [0.717, 1.165) is 25.3 Å². The number of rotatable bonds is 4. The van der Waals surface area contributed by atoms with Crippen LogP contribution in [0.3, 0.4) is 0 Å². The second kappa shape index (κ2) is 5.48. The molecule has 2 rings (SSSR count). The summed E-state index contributed by atoms with van der Waals surface area (Å²) in [5, 5.41) is 9.09. The molecule has 1 saturated heterocycles. The van der Waals surface area contributed by atoms with E-state index in [9.17, 15) is 4.79 Å². The van der Waals surface area contributed by atoms with Gasteiger partial charge in [0.15, 0.2) is 0 Å². The van der Waals surface area contributed by atoms with Crippen LogP contribution in [0, 0.1) is 5.92 Å². The first-order valence-electron chi connectivity index (χ1n) is 6.50. The summed E-state index contributed by atoms with van der Waals surface area (Å²) in [6.45, 7) is 3.11. The van der Waals surface area contributed by atoms with E-state index in [1.54, 1.807) is 12.1 Å². The van der Waals surface area contributed by atoms with Gasteiger partial charge in [0, 0.05) is 20.1 Å². The van der Waals surface area contributed by atoms with E-state index in [2.05, 4.69) is 16.8 Å². The summed E-state index contributed by atoms with van der Waals surface area (Å²) < 4.78 is 0. The molecule has 1 unspecified atom stereocenters. The van der Waals surface area contributed by atoms with E-state index < -0.39 is 5.97 Å². The van der Waals surface area contributed by atoms with E-state index in [1.165, 1.54) is 6.42 Å². The third-order valence-electron chi connectivity index (χ3n) is 3.75. The maximum Gasteiger partial charge on any atom is 0.337 e. The number of likely N-dealkylation sites (tertiary alicyclic amines) is 1. The normalized spacial score (nSPS) is 19.6. The molecule has 5 nitrogen and oxygen atoms in total. The van der Waals surface area contributed by atoms with Crippen LogP contribution in [0.15, 0.2) is 18.2 Å². The highest BCUT2D eigenvalue weighted by Gasteiger charge is 2.22. The fourth-order valence-corrected chi connectivity index (χ4v) is 2.73. The van der Waals surface area contributed by atoms with E-state index >= 15 is 0 Å². The summed E-state index contributed by atoms with van der Waals surface area (Å²) in [7, 11) is 4.09. The Hall–Kier alpha value is -1.75. The van der Waals surface area contributed by atoms with Gasteiger partial charge in [-0.3, -0.25) is 0 Å². The molecule has 3 N–H and O–H groups in total. The van der Waals surface area contributed by atoms with E-state index in [4.69, 9.17) is 10.8 Å². The number of benzene rings is 1. The Kier molecular flexibility index (Phi) is 3.95. The Labute approximate surface area is 113 Å².